The molecule has 0 saturated carbocycles. The van der Waals surface area contributed by atoms with Crippen molar-refractivity contribution in [3.05, 3.63) is 42.1 Å². The smallest absolute Gasteiger partial charge is 0.332 e. The van der Waals surface area contributed by atoms with Crippen molar-refractivity contribution in [2.24, 2.45) is 0 Å². The number of carbonyl (C=O) groups is 1. The Morgan fingerprint density at radius 1 is 1.26 bits per heavy atom. The van der Waals surface area contributed by atoms with E-state index in [9.17, 15) is 4.79 Å². The van der Waals surface area contributed by atoms with E-state index in [0.717, 1.165) is 17.3 Å². The molecule has 4 heteroatoms. The third-order valence-corrected chi connectivity index (χ3v) is 2.78. The van der Waals surface area contributed by atoms with Crippen LogP contribution in [0.15, 0.2) is 36.5 Å². The molecule has 0 radical (unpaired) electrons. The summed E-state index contributed by atoms with van der Waals surface area (Å²) in [5, 5.41) is 1.13. The molecule has 0 spiro atoms. The van der Waals surface area contributed by atoms with E-state index in [-0.39, 0.29) is 12.6 Å². The minimum absolute atomic E-state index is 0.0108. The van der Waals surface area contributed by atoms with E-state index in [4.69, 9.17) is 9.47 Å². The Bertz CT molecular complexity index is 549. The van der Waals surface area contributed by atoms with Crippen LogP contribution in [0, 0.1) is 0 Å². The van der Waals surface area contributed by atoms with Gasteiger partial charge in [0.05, 0.1) is 18.7 Å². The lowest BCUT2D eigenvalue weighted by molar-refractivity contribution is -0.148. The van der Waals surface area contributed by atoms with Crippen LogP contribution in [0.1, 0.15) is 12.5 Å². The maximum absolute atomic E-state index is 11.1. The van der Waals surface area contributed by atoms with E-state index in [1.54, 1.807) is 13.1 Å². The fourth-order valence-electron chi connectivity index (χ4n) is 1.91. The molecule has 0 aliphatic heterocycles. The van der Waals surface area contributed by atoms with Gasteiger partial charge in [0, 0.05) is 11.6 Å². The number of hydrogen-bond donors (Lipinski definition) is 0. The number of benzene rings is 1. The molecule has 1 aromatic heterocycles. The van der Waals surface area contributed by atoms with Crippen molar-refractivity contribution in [3.63, 3.8) is 0 Å². The SMILES string of the molecule is CCOC(=O)COCCc1ccnc2ccccc12. The minimum atomic E-state index is -0.318. The molecular weight excluding hydrogens is 242 g/mol. The van der Waals surface area contributed by atoms with Crippen molar-refractivity contribution in [1.82, 2.24) is 4.98 Å². The highest BCUT2D eigenvalue weighted by atomic mass is 16.6. The zero-order valence-corrected chi connectivity index (χ0v) is 11.0. The number of rotatable bonds is 6. The highest BCUT2D eigenvalue weighted by molar-refractivity contribution is 5.81. The van der Waals surface area contributed by atoms with Crippen molar-refractivity contribution in [1.29, 1.82) is 0 Å². The summed E-state index contributed by atoms with van der Waals surface area (Å²) in [6, 6.07) is 9.97. The number of ether oxygens (including phenoxy) is 2. The van der Waals surface area contributed by atoms with Gasteiger partial charge in [-0.3, -0.25) is 4.98 Å². The quantitative estimate of drug-likeness (QED) is 0.590. The first kappa shape index (κ1) is 13.5. The fraction of sp³-hybridized carbons (Fsp3) is 0.333. The number of aromatic nitrogens is 1. The Morgan fingerprint density at radius 3 is 2.95 bits per heavy atom. The van der Waals surface area contributed by atoms with E-state index in [1.807, 2.05) is 30.3 Å². The van der Waals surface area contributed by atoms with Gasteiger partial charge in [0.25, 0.3) is 0 Å². The van der Waals surface area contributed by atoms with Gasteiger partial charge >= 0.3 is 5.97 Å². The zero-order valence-electron chi connectivity index (χ0n) is 11.0. The largest absolute Gasteiger partial charge is 0.464 e. The maximum Gasteiger partial charge on any atom is 0.332 e. The van der Waals surface area contributed by atoms with E-state index >= 15 is 0 Å². The number of pyridine rings is 1. The molecule has 0 N–H and O–H groups in total. The molecule has 1 aromatic carbocycles. The van der Waals surface area contributed by atoms with Gasteiger partial charge in [-0.05, 0) is 31.0 Å². The molecule has 1 heterocycles. The second kappa shape index (κ2) is 6.85. The summed E-state index contributed by atoms with van der Waals surface area (Å²) in [6.07, 6.45) is 2.55. The van der Waals surface area contributed by atoms with Gasteiger partial charge in [-0.1, -0.05) is 18.2 Å². The Morgan fingerprint density at radius 2 is 2.11 bits per heavy atom. The number of hydrogen-bond acceptors (Lipinski definition) is 4. The molecular formula is C15H17NO3. The number of nitrogens with zero attached hydrogens (tertiary/aromatic N) is 1. The van der Waals surface area contributed by atoms with Crippen LogP contribution in [0.4, 0.5) is 0 Å². The maximum atomic E-state index is 11.1. The highest BCUT2D eigenvalue weighted by Crippen LogP contribution is 2.16. The summed E-state index contributed by atoms with van der Waals surface area (Å²) in [6.45, 7) is 2.67. The summed E-state index contributed by atoms with van der Waals surface area (Å²) in [5.41, 5.74) is 2.15. The first-order chi connectivity index (χ1) is 9.31. The summed E-state index contributed by atoms with van der Waals surface area (Å²) in [4.78, 5) is 15.4. The van der Waals surface area contributed by atoms with Crippen molar-refractivity contribution >= 4 is 16.9 Å². The summed E-state index contributed by atoms with van der Waals surface area (Å²) in [5.74, 6) is -0.318. The van der Waals surface area contributed by atoms with Crippen LogP contribution in [0.25, 0.3) is 10.9 Å². The van der Waals surface area contributed by atoms with E-state index in [2.05, 4.69) is 4.98 Å². The first-order valence-corrected chi connectivity index (χ1v) is 6.37. The number of fused-ring (bicyclic) bond motifs is 1. The molecule has 19 heavy (non-hydrogen) atoms. The number of para-hydroxylation sites is 1. The van der Waals surface area contributed by atoms with Gasteiger partial charge < -0.3 is 9.47 Å². The van der Waals surface area contributed by atoms with E-state index < -0.39 is 0 Å². The lowest BCUT2D eigenvalue weighted by Crippen LogP contribution is -2.13. The molecule has 0 aliphatic rings. The average molecular weight is 259 g/mol. The zero-order chi connectivity index (χ0) is 13.5. The summed E-state index contributed by atoms with van der Waals surface area (Å²) >= 11 is 0. The minimum Gasteiger partial charge on any atom is -0.464 e. The summed E-state index contributed by atoms with van der Waals surface area (Å²) < 4.78 is 10.1. The van der Waals surface area contributed by atoms with Gasteiger partial charge in [0.15, 0.2) is 0 Å². The predicted molar refractivity (Wildman–Crippen MR) is 72.9 cm³/mol. The van der Waals surface area contributed by atoms with Crippen LogP contribution in [0.5, 0.6) is 0 Å². The van der Waals surface area contributed by atoms with Crippen LogP contribution in [0.3, 0.4) is 0 Å². The van der Waals surface area contributed by atoms with Crippen molar-refractivity contribution in [2.45, 2.75) is 13.3 Å². The third-order valence-electron chi connectivity index (χ3n) is 2.78. The molecule has 0 aliphatic carbocycles. The lowest BCUT2D eigenvalue weighted by Gasteiger charge is -2.06. The second-order valence-corrected chi connectivity index (χ2v) is 4.09. The van der Waals surface area contributed by atoms with Crippen LogP contribution >= 0.6 is 0 Å². The molecule has 0 atom stereocenters. The van der Waals surface area contributed by atoms with Crippen molar-refractivity contribution in [3.8, 4) is 0 Å². The molecule has 2 rings (SSSR count). The van der Waals surface area contributed by atoms with Gasteiger partial charge in [-0.25, -0.2) is 4.79 Å². The van der Waals surface area contributed by atoms with Gasteiger partial charge in [-0.2, -0.15) is 0 Å². The van der Waals surface area contributed by atoms with E-state index in [1.165, 1.54) is 5.56 Å². The van der Waals surface area contributed by atoms with E-state index in [0.29, 0.717) is 13.2 Å². The van der Waals surface area contributed by atoms with Crippen molar-refractivity contribution < 1.29 is 14.3 Å². The monoisotopic (exact) mass is 259 g/mol. The van der Waals surface area contributed by atoms with Crippen LogP contribution in [-0.4, -0.2) is 30.8 Å². The van der Waals surface area contributed by atoms with Crippen LogP contribution < -0.4 is 0 Å². The molecule has 0 saturated heterocycles. The summed E-state index contributed by atoms with van der Waals surface area (Å²) in [7, 11) is 0. The molecule has 0 fully saturated rings. The number of carbonyl (C=O) groups excluding carboxylic acids is 1. The Labute approximate surface area is 112 Å². The Hall–Kier alpha value is -1.94. The standard InChI is InChI=1S/C15H17NO3/c1-2-19-15(17)11-18-10-8-12-7-9-16-14-6-4-3-5-13(12)14/h3-7,9H,2,8,10-11H2,1H3. The van der Waals surface area contributed by atoms with Gasteiger partial charge in [0.2, 0.25) is 0 Å². The normalized spacial score (nSPS) is 10.6. The Kier molecular flexibility index (Phi) is 4.86. The third kappa shape index (κ3) is 3.76. The molecule has 0 bridgehead atoms. The van der Waals surface area contributed by atoms with Crippen molar-refractivity contribution in [2.75, 3.05) is 19.8 Å². The highest BCUT2D eigenvalue weighted by Gasteiger charge is 2.03. The molecule has 2 aromatic rings. The second-order valence-electron chi connectivity index (χ2n) is 4.09. The topological polar surface area (TPSA) is 48.4 Å². The van der Waals surface area contributed by atoms with Crippen LogP contribution in [0.2, 0.25) is 0 Å². The Balaban J connectivity index is 1.90. The lowest BCUT2D eigenvalue weighted by atomic mass is 10.1. The molecule has 0 unspecified atom stereocenters. The fourth-order valence-corrected chi connectivity index (χ4v) is 1.91. The number of esters is 1. The first-order valence-electron chi connectivity index (χ1n) is 6.37. The molecule has 4 nitrogen and oxygen atoms in total. The molecule has 100 valence electrons. The van der Waals surface area contributed by atoms with Gasteiger partial charge in [0.1, 0.15) is 6.61 Å². The molecule has 0 amide bonds. The van der Waals surface area contributed by atoms with Gasteiger partial charge in [-0.15, -0.1) is 0 Å². The predicted octanol–water partition coefficient (Wildman–Crippen LogP) is 2.36. The van der Waals surface area contributed by atoms with Crippen LogP contribution in [-0.2, 0) is 20.7 Å². The average Bonchev–Trinajstić information content (AvgIpc) is 2.44.